The number of anilines is 1. The average molecular weight is 360 g/mol. The molecule has 2 N–H and O–H groups in total. The van der Waals surface area contributed by atoms with Crippen molar-refractivity contribution >= 4 is 34.2 Å². The van der Waals surface area contributed by atoms with E-state index in [0.717, 1.165) is 14.8 Å². The Balaban J connectivity index is 2.47. The summed E-state index contributed by atoms with van der Waals surface area (Å²) in [4.78, 5) is 11.8. The number of hydrogen-bond acceptors (Lipinski definition) is 2. The fourth-order valence-electron chi connectivity index (χ4n) is 1.49. The predicted molar refractivity (Wildman–Crippen MR) is 84.9 cm³/mol. The van der Waals surface area contributed by atoms with Gasteiger partial charge in [0.25, 0.3) is 0 Å². The van der Waals surface area contributed by atoms with Crippen LogP contribution in [0.4, 0.5) is 5.69 Å². The number of rotatable bonds is 4. The van der Waals surface area contributed by atoms with Crippen molar-refractivity contribution in [2.24, 2.45) is 0 Å². The van der Waals surface area contributed by atoms with Crippen LogP contribution in [0.1, 0.15) is 32.8 Å². The van der Waals surface area contributed by atoms with E-state index in [1.54, 1.807) is 0 Å². The van der Waals surface area contributed by atoms with Crippen LogP contribution in [0, 0.1) is 10.5 Å². The molecule has 0 aliphatic heterocycles. The van der Waals surface area contributed by atoms with Crippen LogP contribution in [0.25, 0.3) is 0 Å². The maximum Gasteiger partial charge on any atom is 0.225 e. The molecule has 0 fully saturated rings. The first kappa shape index (κ1) is 15.4. The molecular formula is C14H21IN2O. The van der Waals surface area contributed by atoms with E-state index < -0.39 is 0 Å². The minimum absolute atomic E-state index is 0.0526. The van der Waals surface area contributed by atoms with Crippen LogP contribution in [-0.2, 0) is 4.79 Å². The third-order valence-corrected chi connectivity index (χ3v) is 3.15. The molecule has 0 aromatic heterocycles. The minimum Gasteiger partial charge on any atom is -0.326 e. The molecule has 100 valence electrons. The van der Waals surface area contributed by atoms with Crippen molar-refractivity contribution in [3.63, 3.8) is 0 Å². The Labute approximate surface area is 123 Å². The first-order chi connectivity index (χ1) is 8.28. The van der Waals surface area contributed by atoms with Gasteiger partial charge in [0.1, 0.15) is 0 Å². The summed E-state index contributed by atoms with van der Waals surface area (Å²) >= 11 is 2.24. The zero-order valence-electron chi connectivity index (χ0n) is 11.4. The zero-order chi connectivity index (χ0) is 13.8. The van der Waals surface area contributed by atoms with Gasteiger partial charge in [0.15, 0.2) is 0 Å². The summed E-state index contributed by atoms with van der Waals surface area (Å²) in [5, 5.41) is 6.26. The molecule has 1 aromatic rings. The van der Waals surface area contributed by atoms with E-state index in [1.807, 2.05) is 25.1 Å². The zero-order valence-corrected chi connectivity index (χ0v) is 13.6. The molecule has 0 saturated heterocycles. The van der Waals surface area contributed by atoms with Gasteiger partial charge in [-0.25, -0.2) is 0 Å². The lowest BCUT2D eigenvalue weighted by Gasteiger charge is -2.20. The molecular weight excluding hydrogens is 339 g/mol. The SMILES string of the molecule is Cc1ccc(I)cc1NC(=O)CCNC(C)(C)C. The summed E-state index contributed by atoms with van der Waals surface area (Å²) < 4.78 is 1.13. The van der Waals surface area contributed by atoms with Crippen molar-refractivity contribution in [2.45, 2.75) is 39.7 Å². The van der Waals surface area contributed by atoms with E-state index in [9.17, 15) is 4.79 Å². The van der Waals surface area contributed by atoms with Crippen LogP contribution in [-0.4, -0.2) is 18.0 Å². The monoisotopic (exact) mass is 360 g/mol. The lowest BCUT2D eigenvalue weighted by atomic mass is 10.1. The average Bonchev–Trinajstić information content (AvgIpc) is 2.21. The number of hydrogen-bond donors (Lipinski definition) is 2. The molecule has 18 heavy (non-hydrogen) atoms. The summed E-state index contributed by atoms with van der Waals surface area (Å²) in [6.07, 6.45) is 0.488. The van der Waals surface area contributed by atoms with E-state index in [0.29, 0.717) is 13.0 Å². The van der Waals surface area contributed by atoms with Crippen LogP contribution < -0.4 is 10.6 Å². The van der Waals surface area contributed by atoms with Crippen molar-refractivity contribution < 1.29 is 4.79 Å². The molecule has 0 aliphatic rings. The highest BCUT2D eigenvalue weighted by Gasteiger charge is 2.10. The summed E-state index contributed by atoms with van der Waals surface area (Å²) in [6.45, 7) is 8.97. The molecule has 0 bridgehead atoms. The van der Waals surface area contributed by atoms with Crippen molar-refractivity contribution in [1.29, 1.82) is 0 Å². The maximum atomic E-state index is 11.8. The van der Waals surface area contributed by atoms with Crippen LogP contribution >= 0.6 is 22.6 Å². The van der Waals surface area contributed by atoms with E-state index in [-0.39, 0.29) is 11.4 Å². The number of halogens is 1. The van der Waals surface area contributed by atoms with Crippen molar-refractivity contribution in [1.82, 2.24) is 5.32 Å². The quantitative estimate of drug-likeness (QED) is 0.809. The Morgan fingerprint density at radius 1 is 1.33 bits per heavy atom. The molecule has 0 spiro atoms. The molecule has 0 radical (unpaired) electrons. The van der Waals surface area contributed by atoms with E-state index in [4.69, 9.17) is 0 Å². The van der Waals surface area contributed by atoms with Gasteiger partial charge in [0.05, 0.1) is 0 Å². The predicted octanol–water partition coefficient (Wildman–Crippen LogP) is 3.32. The molecule has 1 aromatic carbocycles. The van der Waals surface area contributed by atoms with E-state index in [1.165, 1.54) is 0 Å². The first-order valence-corrected chi connectivity index (χ1v) is 7.17. The van der Waals surface area contributed by atoms with E-state index >= 15 is 0 Å². The fourth-order valence-corrected chi connectivity index (χ4v) is 1.98. The topological polar surface area (TPSA) is 41.1 Å². The Hall–Kier alpha value is -0.620. The Bertz CT molecular complexity index is 424. The summed E-state index contributed by atoms with van der Waals surface area (Å²) in [5.41, 5.74) is 2.05. The highest BCUT2D eigenvalue weighted by Crippen LogP contribution is 2.18. The molecule has 3 nitrogen and oxygen atoms in total. The normalized spacial score (nSPS) is 11.4. The number of aryl methyl sites for hydroxylation is 1. The minimum atomic E-state index is 0.0526. The fraction of sp³-hybridized carbons (Fsp3) is 0.500. The van der Waals surface area contributed by atoms with Crippen molar-refractivity contribution in [2.75, 3.05) is 11.9 Å². The molecule has 0 heterocycles. The van der Waals surface area contributed by atoms with Crippen LogP contribution in [0.2, 0.25) is 0 Å². The Kier molecular flexibility index (Phi) is 5.59. The molecule has 1 rings (SSSR count). The molecule has 1 amide bonds. The second-order valence-corrected chi connectivity index (χ2v) is 6.68. The smallest absolute Gasteiger partial charge is 0.225 e. The number of nitrogens with one attached hydrogen (secondary N) is 2. The largest absolute Gasteiger partial charge is 0.326 e. The van der Waals surface area contributed by atoms with Gasteiger partial charge < -0.3 is 10.6 Å². The van der Waals surface area contributed by atoms with Gasteiger partial charge in [-0.2, -0.15) is 0 Å². The third kappa shape index (κ3) is 5.82. The number of carbonyl (C=O) groups excluding carboxylic acids is 1. The second-order valence-electron chi connectivity index (χ2n) is 5.43. The van der Waals surface area contributed by atoms with Gasteiger partial charge in [-0.15, -0.1) is 0 Å². The van der Waals surface area contributed by atoms with Crippen LogP contribution in [0.15, 0.2) is 18.2 Å². The standard InChI is InChI=1S/C14H21IN2O/c1-10-5-6-11(15)9-12(10)17-13(18)7-8-16-14(2,3)4/h5-6,9,16H,7-8H2,1-4H3,(H,17,18). The van der Waals surface area contributed by atoms with Gasteiger partial charge in [0, 0.05) is 27.8 Å². The van der Waals surface area contributed by atoms with Gasteiger partial charge in [-0.3, -0.25) is 4.79 Å². The molecule has 0 saturated carbocycles. The van der Waals surface area contributed by atoms with Gasteiger partial charge in [0.2, 0.25) is 5.91 Å². The van der Waals surface area contributed by atoms with Crippen molar-refractivity contribution in [3.05, 3.63) is 27.3 Å². The van der Waals surface area contributed by atoms with Gasteiger partial charge >= 0.3 is 0 Å². The lowest BCUT2D eigenvalue weighted by Crippen LogP contribution is -2.37. The molecule has 0 unspecified atom stereocenters. The summed E-state index contributed by atoms with van der Waals surface area (Å²) in [6, 6.07) is 6.04. The highest BCUT2D eigenvalue weighted by molar-refractivity contribution is 14.1. The van der Waals surface area contributed by atoms with Gasteiger partial charge in [-0.1, -0.05) is 6.07 Å². The first-order valence-electron chi connectivity index (χ1n) is 6.09. The van der Waals surface area contributed by atoms with Crippen LogP contribution in [0.5, 0.6) is 0 Å². The highest BCUT2D eigenvalue weighted by atomic mass is 127. The number of carbonyl (C=O) groups is 1. The van der Waals surface area contributed by atoms with Crippen molar-refractivity contribution in [3.8, 4) is 0 Å². The summed E-state index contributed by atoms with van der Waals surface area (Å²) in [5.74, 6) is 0.0526. The maximum absolute atomic E-state index is 11.8. The lowest BCUT2D eigenvalue weighted by molar-refractivity contribution is -0.116. The molecule has 0 aliphatic carbocycles. The number of amides is 1. The second kappa shape index (κ2) is 6.52. The third-order valence-electron chi connectivity index (χ3n) is 2.48. The van der Waals surface area contributed by atoms with Gasteiger partial charge in [-0.05, 0) is 68.0 Å². The van der Waals surface area contributed by atoms with E-state index in [2.05, 4.69) is 54.0 Å². The summed E-state index contributed by atoms with van der Waals surface area (Å²) in [7, 11) is 0. The number of benzene rings is 1. The Morgan fingerprint density at radius 2 is 2.00 bits per heavy atom. The molecule has 4 heteroatoms. The molecule has 0 atom stereocenters. The Morgan fingerprint density at radius 3 is 2.61 bits per heavy atom. The van der Waals surface area contributed by atoms with Crippen LogP contribution in [0.3, 0.4) is 0 Å².